The van der Waals surface area contributed by atoms with E-state index in [1.807, 2.05) is 0 Å². The number of amides is 1. The van der Waals surface area contributed by atoms with Gasteiger partial charge in [-0.1, -0.05) is 42.5 Å². The summed E-state index contributed by atoms with van der Waals surface area (Å²) in [6.07, 6.45) is 5.62. The van der Waals surface area contributed by atoms with E-state index in [2.05, 4.69) is 5.32 Å². The van der Waals surface area contributed by atoms with E-state index < -0.39 is 5.38 Å². The first-order valence-electron chi connectivity index (χ1n) is 6.47. The maximum absolute atomic E-state index is 12.1. The zero-order valence-corrected chi connectivity index (χ0v) is 12.7. The molecule has 2 nitrogen and oxygen atoms in total. The zero-order valence-electron chi connectivity index (χ0n) is 10.5. The molecule has 0 bridgehead atoms. The van der Waals surface area contributed by atoms with Gasteiger partial charge in [0.05, 0.1) is 0 Å². The molecule has 0 aromatic heterocycles. The van der Waals surface area contributed by atoms with Crippen molar-refractivity contribution in [2.24, 2.45) is 0 Å². The van der Waals surface area contributed by atoms with Crippen LogP contribution in [0.25, 0.3) is 0 Å². The molecule has 19 heavy (non-hydrogen) atoms. The van der Waals surface area contributed by atoms with E-state index in [-0.39, 0.29) is 11.9 Å². The summed E-state index contributed by atoms with van der Waals surface area (Å²) >= 11 is 18.2. The number of hydrogen-bond acceptors (Lipinski definition) is 1. The molecular formula is C14H16Cl3NO. The standard InChI is InChI=1S/C14H16Cl3NO/c15-9-6-7-12(16)11(8-9)13(17)14(19)18-10-4-2-1-3-5-10/h6-8,10,13H,1-5H2,(H,18,19). The summed E-state index contributed by atoms with van der Waals surface area (Å²) in [5.41, 5.74) is 0.559. The Bertz CT molecular complexity index is 458. The van der Waals surface area contributed by atoms with Crippen LogP contribution in [0.4, 0.5) is 0 Å². The Morgan fingerprint density at radius 1 is 1.21 bits per heavy atom. The molecule has 0 aliphatic heterocycles. The summed E-state index contributed by atoms with van der Waals surface area (Å²) < 4.78 is 0. The van der Waals surface area contributed by atoms with E-state index in [9.17, 15) is 4.79 Å². The van der Waals surface area contributed by atoms with Crippen LogP contribution in [0.2, 0.25) is 10.0 Å². The molecule has 1 aromatic carbocycles. The first-order valence-corrected chi connectivity index (χ1v) is 7.66. The zero-order chi connectivity index (χ0) is 13.8. The van der Waals surface area contributed by atoms with Gasteiger partial charge in [-0.3, -0.25) is 4.79 Å². The van der Waals surface area contributed by atoms with Crippen LogP contribution in [-0.4, -0.2) is 11.9 Å². The molecular weight excluding hydrogens is 305 g/mol. The highest BCUT2D eigenvalue weighted by atomic mass is 35.5. The van der Waals surface area contributed by atoms with Gasteiger partial charge in [-0.05, 0) is 36.6 Å². The highest BCUT2D eigenvalue weighted by molar-refractivity contribution is 6.37. The van der Waals surface area contributed by atoms with Gasteiger partial charge in [-0.15, -0.1) is 11.6 Å². The maximum Gasteiger partial charge on any atom is 0.242 e. The average Bonchev–Trinajstić information content (AvgIpc) is 2.42. The van der Waals surface area contributed by atoms with Crippen LogP contribution in [-0.2, 0) is 4.79 Å². The summed E-state index contributed by atoms with van der Waals surface area (Å²) in [7, 11) is 0. The predicted octanol–water partition coefficient (Wildman–Crippen LogP) is 4.72. The highest BCUT2D eigenvalue weighted by Gasteiger charge is 2.24. The van der Waals surface area contributed by atoms with Crippen molar-refractivity contribution in [3.63, 3.8) is 0 Å². The van der Waals surface area contributed by atoms with Gasteiger partial charge < -0.3 is 5.32 Å². The Morgan fingerprint density at radius 2 is 1.89 bits per heavy atom. The smallest absolute Gasteiger partial charge is 0.242 e. The van der Waals surface area contributed by atoms with Gasteiger partial charge >= 0.3 is 0 Å². The lowest BCUT2D eigenvalue weighted by Gasteiger charge is -2.24. The second-order valence-corrected chi connectivity index (χ2v) is 6.15. The molecule has 0 heterocycles. The number of carbonyl (C=O) groups is 1. The SMILES string of the molecule is O=C(NC1CCCCC1)C(Cl)c1cc(Cl)ccc1Cl. The molecule has 0 saturated heterocycles. The number of halogens is 3. The second kappa shape index (κ2) is 6.83. The van der Waals surface area contributed by atoms with Gasteiger partial charge in [0.25, 0.3) is 0 Å². The van der Waals surface area contributed by atoms with Crippen LogP contribution < -0.4 is 5.32 Å². The molecule has 0 radical (unpaired) electrons. The highest BCUT2D eigenvalue weighted by Crippen LogP contribution is 2.31. The van der Waals surface area contributed by atoms with E-state index in [0.717, 1.165) is 25.7 Å². The predicted molar refractivity (Wildman–Crippen MR) is 80.1 cm³/mol. The summed E-state index contributed by atoms with van der Waals surface area (Å²) in [4.78, 5) is 12.1. The molecule has 1 saturated carbocycles. The van der Waals surface area contributed by atoms with Crippen molar-refractivity contribution in [2.45, 2.75) is 43.5 Å². The van der Waals surface area contributed by atoms with Crippen molar-refractivity contribution >= 4 is 40.7 Å². The van der Waals surface area contributed by atoms with E-state index in [1.54, 1.807) is 18.2 Å². The first kappa shape index (κ1) is 15.0. The lowest BCUT2D eigenvalue weighted by molar-refractivity contribution is -0.121. The number of benzene rings is 1. The van der Waals surface area contributed by atoms with Gasteiger partial charge in [0.2, 0.25) is 5.91 Å². The molecule has 1 aliphatic carbocycles. The Labute approximate surface area is 128 Å². The Hall–Kier alpha value is -0.440. The van der Waals surface area contributed by atoms with E-state index in [1.165, 1.54) is 6.42 Å². The van der Waals surface area contributed by atoms with Crippen LogP contribution in [0, 0.1) is 0 Å². The fourth-order valence-corrected chi connectivity index (χ4v) is 3.08. The molecule has 1 amide bonds. The summed E-state index contributed by atoms with van der Waals surface area (Å²) in [5.74, 6) is -0.197. The van der Waals surface area contributed by atoms with Gasteiger partial charge in [0, 0.05) is 16.1 Å². The van der Waals surface area contributed by atoms with Crippen molar-refractivity contribution in [3.05, 3.63) is 33.8 Å². The Morgan fingerprint density at radius 3 is 2.58 bits per heavy atom. The molecule has 1 N–H and O–H groups in total. The first-order chi connectivity index (χ1) is 9.08. The fraction of sp³-hybridized carbons (Fsp3) is 0.500. The minimum Gasteiger partial charge on any atom is -0.352 e. The number of carbonyl (C=O) groups excluding carboxylic acids is 1. The summed E-state index contributed by atoms with van der Waals surface area (Å²) in [6, 6.07) is 5.21. The molecule has 1 atom stereocenters. The molecule has 0 spiro atoms. The van der Waals surface area contributed by atoms with Crippen molar-refractivity contribution in [3.8, 4) is 0 Å². The van der Waals surface area contributed by atoms with Gasteiger partial charge in [-0.2, -0.15) is 0 Å². The quantitative estimate of drug-likeness (QED) is 0.802. The number of nitrogens with one attached hydrogen (secondary N) is 1. The normalized spacial score (nSPS) is 18.1. The third-order valence-corrected chi connectivity index (χ3v) is 4.43. The lowest BCUT2D eigenvalue weighted by atomic mass is 9.95. The summed E-state index contributed by atoms with van der Waals surface area (Å²) in [6.45, 7) is 0. The number of rotatable bonds is 3. The van der Waals surface area contributed by atoms with Crippen LogP contribution in [0.1, 0.15) is 43.0 Å². The third-order valence-electron chi connectivity index (χ3n) is 3.41. The number of alkyl halides is 1. The van der Waals surface area contributed by atoms with Gasteiger partial charge in [0.15, 0.2) is 0 Å². The van der Waals surface area contributed by atoms with Crippen LogP contribution in [0.5, 0.6) is 0 Å². The van der Waals surface area contributed by atoms with Crippen molar-refractivity contribution in [1.29, 1.82) is 0 Å². The Kier molecular flexibility index (Phi) is 5.37. The second-order valence-electron chi connectivity index (χ2n) is 4.87. The minimum absolute atomic E-state index is 0.197. The third kappa shape index (κ3) is 4.01. The largest absolute Gasteiger partial charge is 0.352 e. The number of hydrogen-bond donors (Lipinski definition) is 1. The average molecular weight is 321 g/mol. The molecule has 1 aromatic rings. The summed E-state index contributed by atoms with van der Waals surface area (Å²) in [5, 5.41) is 3.18. The van der Waals surface area contributed by atoms with Crippen molar-refractivity contribution in [1.82, 2.24) is 5.32 Å². The van der Waals surface area contributed by atoms with Gasteiger partial charge in [-0.25, -0.2) is 0 Å². The molecule has 2 rings (SSSR count). The van der Waals surface area contributed by atoms with Crippen LogP contribution in [0.15, 0.2) is 18.2 Å². The van der Waals surface area contributed by atoms with Crippen LogP contribution >= 0.6 is 34.8 Å². The van der Waals surface area contributed by atoms with E-state index in [0.29, 0.717) is 15.6 Å². The lowest BCUT2D eigenvalue weighted by Crippen LogP contribution is -2.38. The topological polar surface area (TPSA) is 29.1 Å². The Balaban J connectivity index is 2.03. The van der Waals surface area contributed by atoms with E-state index in [4.69, 9.17) is 34.8 Å². The van der Waals surface area contributed by atoms with Gasteiger partial charge in [0.1, 0.15) is 5.38 Å². The fourth-order valence-electron chi connectivity index (χ4n) is 2.37. The van der Waals surface area contributed by atoms with Crippen molar-refractivity contribution in [2.75, 3.05) is 0 Å². The molecule has 1 fully saturated rings. The van der Waals surface area contributed by atoms with Crippen molar-refractivity contribution < 1.29 is 4.79 Å². The van der Waals surface area contributed by atoms with Crippen LogP contribution in [0.3, 0.4) is 0 Å². The monoisotopic (exact) mass is 319 g/mol. The maximum atomic E-state index is 12.1. The minimum atomic E-state index is -0.798. The molecule has 1 aliphatic rings. The van der Waals surface area contributed by atoms with E-state index >= 15 is 0 Å². The molecule has 1 unspecified atom stereocenters. The molecule has 5 heteroatoms. The molecule has 104 valence electrons.